The molecule has 0 aliphatic rings. The number of fused-ring (bicyclic) bond motifs is 1. The Bertz CT molecular complexity index is 615. The van der Waals surface area contributed by atoms with E-state index < -0.39 is 12.0 Å². The number of likely N-dealkylation sites (N-methyl/N-ethyl adjacent to an activating group) is 1. The number of pyridine rings is 1. The lowest BCUT2D eigenvalue weighted by atomic mass is 10.1. The normalized spacial score (nSPS) is 12.8. The SMILES string of the molecule is CC(C(=O)O)N(C)Cc1cc(Br)cc2cccnc12. The molecule has 100 valence electrons. The number of halogens is 1. The Kier molecular flexibility index (Phi) is 4.17. The number of carbonyl (C=O) groups is 1. The van der Waals surface area contributed by atoms with Crippen LogP contribution in [0.3, 0.4) is 0 Å². The Morgan fingerprint density at radius 2 is 2.26 bits per heavy atom. The number of rotatable bonds is 4. The maximum atomic E-state index is 11.0. The number of nitrogens with zero attached hydrogens (tertiary/aromatic N) is 2. The van der Waals surface area contributed by atoms with Gasteiger partial charge >= 0.3 is 5.97 Å². The zero-order chi connectivity index (χ0) is 14.0. The number of aliphatic carboxylic acids is 1. The van der Waals surface area contributed by atoms with Crippen LogP contribution in [0.5, 0.6) is 0 Å². The minimum Gasteiger partial charge on any atom is -0.480 e. The van der Waals surface area contributed by atoms with Gasteiger partial charge in [-0.1, -0.05) is 22.0 Å². The van der Waals surface area contributed by atoms with Gasteiger partial charge in [0, 0.05) is 22.6 Å². The second kappa shape index (κ2) is 5.67. The summed E-state index contributed by atoms with van der Waals surface area (Å²) < 4.78 is 0.972. The molecule has 1 heterocycles. The van der Waals surface area contributed by atoms with Crippen molar-refractivity contribution in [3.05, 3.63) is 40.5 Å². The second-order valence-corrected chi connectivity index (χ2v) is 5.49. The maximum absolute atomic E-state index is 11.0. The first-order valence-electron chi connectivity index (χ1n) is 5.95. The van der Waals surface area contributed by atoms with E-state index in [4.69, 9.17) is 5.11 Å². The lowest BCUT2D eigenvalue weighted by molar-refractivity contribution is -0.142. The van der Waals surface area contributed by atoms with E-state index in [1.807, 2.05) is 24.3 Å². The van der Waals surface area contributed by atoms with Gasteiger partial charge in [-0.15, -0.1) is 0 Å². The van der Waals surface area contributed by atoms with Crippen molar-refractivity contribution in [1.82, 2.24) is 9.88 Å². The lowest BCUT2D eigenvalue weighted by Gasteiger charge is -2.21. The number of carboxylic acids is 1. The van der Waals surface area contributed by atoms with E-state index in [9.17, 15) is 4.79 Å². The summed E-state index contributed by atoms with van der Waals surface area (Å²) in [5.41, 5.74) is 1.93. The number of aromatic nitrogens is 1. The van der Waals surface area contributed by atoms with Gasteiger partial charge in [0.1, 0.15) is 6.04 Å². The molecule has 1 aromatic carbocycles. The molecule has 4 nitrogen and oxygen atoms in total. The third kappa shape index (κ3) is 3.11. The van der Waals surface area contributed by atoms with Crippen LogP contribution in [0.15, 0.2) is 34.9 Å². The number of benzene rings is 1. The Morgan fingerprint density at radius 1 is 1.53 bits per heavy atom. The fourth-order valence-electron chi connectivity index (χ4n) is 1.94. The third-order valence-electron chi connectivity index (χ3n) is 3.19. The van der Waals surface area contributed by atoms with Crippen molar-refractivity contribution in [3.63, 3.8) is 0 Å². The molecule has 1 atom stereocenters. The van der Waals surface area contributed by atoms with Gasteiger partial charge in [0.05, 0.1) is 5.52 Å². The number of hydrogen-bond acceptors (Lipinski definition) is 3. The molecule has 0 spiro atoms. The van der Waals surface area contributed by atoms with Crippen molar-refractivity contribution < 1.29 is 9.90 Å². The third-order valence-corrected chi connectivity index (χ3v) is 3.64. The van der Waals surface area contributed by atoms with Crippen molar-refractivity contribution >= 4 is 32.8 Å². The summed E-state index contributed by atoms with van der Waals surface area (Å²) in [6.07, 6.45) is 1.75. The molecule has 1 aromatic heterocycles. The molecular weight excluding hydrogens is 308 g/mol. The van der Waals surface area contributed by atoms with E-state index in [-0.39, 0.29) is 0 Å². The fraction of sp³-hybridized carbons (Fsp3) is 0.286. The highest BCUT2D eigenvalue weighted by Crippen LogP contribution is 2.23. The summed E-state index contributed by atoms with van der Waals surface area (Å²) in [6.45, 7) is 2.22. The van der Waals surface area contributed by atoms with Gasteiger partial charge in [0.25, 0.3) is 0 Å². The first-order valence-corrected chi connectivity index (χ1v) is 6.74. The van der Waals surface area contributed by atoms with E-state index in [1.54, 1.807) is 25.1 Å². The first kappa shape index (κ1) is 14.0. The Labute approximate surface area is 120 Å². The fourth-order valence-corrected chi connectivity index (χ4v) is 2.47. The Morgan fingerprint density at radius 3 is 2.95 bits per heavy atom. The molecule has 1 unspecified atom stereocenters. The predicted molar refractivity (Wildman–Crippen MR) is 78.0 cm³/mol. The summed E-state index contributed by atoms with van der Waals surface area (Å²) in [5.74, 6) is -0.824. The van der Waals surface area contributed by atoms with Crippen molar-refractivity contribution in [1.29, 1.82) is 0 Å². The van der Waals surface area contributed by atoms with Gasteiger partial charge in [0.15, 0.2) is 0 Å². The zero-order valence-electron chi connectivity index (χ0n) is 10.8. The van der Waals surface area contributed by atoms with Gasteiger partial charge in [-0.3, -0.25) is 14.7 Å². The minimum atomic E-state index is -0.824. The molecule has 5 heteroatoms. The summed E-state index contributed by atoms with van der Waals surface area (Å²) in [4.78, 5) is 17.2. The highest BCUT2D eigenvalue weighted by Gasteiger charge is 2.18. The van der Waals surface area contributed by atoms with Crippen molar-refractivity contribution in [2.75, 3.05) is 7.05 Å². The minimum absolute atomic E-state index is 0.530. The van der Waals surface area contributed by atoms with Crippen LogP contribution in [0.25, 0.3) is 10.9 Å². The van der Waals surface area contributed by atoms with Crippen molar-refractivity contribution in [2.24, 2.45) is 0 Å². The monoisotopic (exact) mass is 322 g/mol. The van der Waals surface area contributed by atoms with Crippen LogP contribution in [-0.2, 0) is 11.3 Å². The highest BCUT2D eigenvalue weighted by molar-refractivity contribution is 9.10. The van der Waals surface area contributed by atoms with Crippen LogP contribution < -0.4 is 0 Å². The van der Waals surface area contributed by atoms with E-state index in [2.05, 4.69) is 20.9 Å². The average Bonchev–Trinajstić information content (AvgIpc) is 2.37. The van der Waals surface area contributed by atoms with Crippen LogP contribution in [-0.4, -0.2) is 34.0 Å². The number of carboxylic acid groups (broad SMARTS) is 1. The zero-order valence-corrected chi connectivity index (χ0v) is 12.4. The molecule has 0 saturated carbocycles. The van der Waals surface area contributed by atoms with Crippen LogP contribution in [0.4, 0.5) is 0 Å². The highest BCUT2D eigenvalue weighted by atomic mass is 79.9. The first-order chi connectivity index (χ1) is 8.99. The standard InChI is InChI=1S/C14H15BrN2O2/c1-9(14(18)19)17(2)8-11-7-12(15)6-10-4-3-5-16-13(10)11/h3-7,9H,8H2,1-2H3,(H,18,19). The number of hydrogen-bond donors (Lipinski definition) is 1. The Hall–Kier alpha value is -1.46. The molecule has 0 aliphatic carbocycles. The van der Waals surface area contributed by atoms with Gasteiger partial charge in [0.2, 0.25) is 0 Å². The summed E-state index contributed by atoms with van der Waals surface area (Å²) >= 11 is 3.48. The smallest absolute Gasteiger partial charge is 0.320 e. The molecule has 0 aliphatic heterocycles. The molecule has 19 heavy (non-hydrogen) atoms. The predicted octanol–water partition coefficient (Wildman–Crippen LogP) is 2.90. The Balaban J connectivity index is 2.37. The van der Waals surface area contributed by atoms with Gasteiger partial charge in [-0.2, -0.15) is 0 Å². The van der Waals surface area contributed by atoms with Gasteiger partial charge < -0.3 is 5.11 Å². The largest absolute Gasteiger partial charge is 0.480 e. The maximum Gasteiger partial charge on any atom is 0.320 e. The van der Waals surface area contributed by atoms with E-state index in [0.717, 1.165) is 20.9 Å². The molecule has 0 bridgehead atoms. The molecule has 1 N–H and O–H groups in total. The molecular formula is C14H15BrN2O2. The van der Waals surface area contributed by atoms with E-state index in [0.29, 0.717) is 6.54 Å². The molecule has 2 aromatic rings. The van der Waals surface area contributed by atoms with Crippen molar-refractivity contribution in [3.8, 4) is 0 Å². The lowest BCUT2D eigenvalue weighted by Crippen LogP contribution is -2.35. The second-order valence-electron chi connectivity index (χ2n) is 4.57. The quantitative estimate of drug-likeness (QED) is 0.940. The van der Waals surface area contributed by atoms with Crippen LogP contribution >= 0.6 is 15.9 Å². The van der Waals surface area contributed by atoms with Crippen LogP contribution in [0.1, 0.15) is 12.5 Å². The van der Waals surface area contributed by atoms with E-state index >= 15 is 0 Å². The van der Waals surface area contributed by atoms with Crippen LogP contribution in [0, 0.1) is 0 Å². The summed E-state index contributed by atoms with van der Waals surface area (Å²) in [7, 11) is 1.80. The van der Waals surface area contributed by atoms with E-state index in [1.165, 1.54) is 0 Å². The summed E-state index contributed by atoms with van der Waals surface area (Å²) in [5, 5.41) is 10.1. The average molecular weight is 323 g/mol. The van der Waals surface area contributed by atoms with Gasteiger partial charge in [-0.05, 0) is 37.7 Å². The van der Waals surface area contributed by atoms with Crippen molar-refractivity contribution in [2.45, 2.75) is 19.5 Å². The molecule has 0 saturated heterocycles. The molecule has 0 radical (unpaired) electrons. The molecule has 2 rings (SSSR count). The molecule has 0 amide bonds. The topological polar surface area (TPSA) is 53.4 Å². The summed E-state index contributed by atoms with van der Waals surface area (Å²) in [6, 6.07) is 7.35. The van der Waals surface area contributed by atoms with Crippen LogP contribution in [0.2, 0.25) is 0 Å². The molecule has 0 fully saturated rings. The van der Waals surface area contributed by atoms with Gasteiger partial charge in [-0.25, -0.2) is 0 Å².